The van der Waals surface area contributed by atoms with E-state index in [1.165, 1.54) is 22.3 Å². The van der Waals surface area contributed by atoms with Gasteiger partial charge in [-0.15, -0.1) is 18.5 Å². The molecule has 156 valence electrons. The number of hydrogen-bond donors (Lipinski definition) is 0. The maximum atomic E-state index is 5.54. The zero-order valence-corrected chi connectivity index (χ0v) is 20.0. The molecule has 4 heteroatoms. The summed E-state index contributed by atoms with van der Waals surface area (Å²) in [5, 5.41) is 2.05. The molecule has 0 heterocycles. The Morgan fingerprint density at radius 1 is 0.516 bits per heavy atom. The van der Waals surface area contributed by atoms with Crippen LogP contribution in [0.15, 0.2) is 97.1 Å². The molecular weight excluding hydrogens is 418 g/mol. The molecule has 0 saturated carbocycles. The van der Waals surface area contributed by atoms with Gasteiger partial charge in [0.25, 0.3) is 0 Å². The standard InChI is InChI=1S/C27H26O2P2/c1-28-23-15-13-21(17-25(23)30)27(19-9-5-3-6-10-19,20-11-7-4-8-12-20)22-14-16-24(29-2)26(31)18-22/h3-18H,30-31H2,1-2H3. The summed E-state index contributed by atoms with van der Waals surface area (Å²) in [5.74, 6) is 1.70. The first-order chi connectivity index (χ1) is 15.1. The Kier molecular flexibility index (Phi) is 6.42. The minimum Gasteiger partial charge on any atom is -0.496 e. The fourth-order valence-corrected chi connectivity index (χ4v) is 5.10. The van der Waals surface area contributed by atoms with E-state index in [4.69, 9.17) is 9.47 Å². The Labute approximate surface area is 189 Å². The number of rotatable bonds is 6. The Morgan fingerprint density at radius 2 is 0.903 bits per heavy atom. The largest absolute Gasteiger partial charge is 0.496 e. The van der Waals surface area contributed by atoms with Crippen molar-refractivity contribution in [3.63, 3.8) is 0 Å². The summed E-state index contributed by atoms with van der Waals surface area (Å²) in [5.41, 5.74) is 4.24. The molecule has 4 rings (SSSR count). The third kappa shape index (κ3) is 3.87. The lowest BCUT2D eigenvalue weighted by molar-refractivity contribution is 0.418. The van der Waals surface area contributed by atoms with Crippen LogP contribution in [-0.2, 0) is 5.41 Å². The topological polar surface area (TPSA) is 18.5 Å². The molecule has 0 radical (unpaired) electrons. The smallest absolute Gasteiger partial charge is 0.125 e. The SMILES string of the molecule is COc1ccc(C(c2ccccc2)(c2ccccc2)c2ccc(OC)c(P)c2)cc1P. The van der Waals surface area contributed by atoms with Crippen LogP contribution >= 0.6 is 18.5 Å². The summed E-state index contributed by atoms with van der Waals surface area (Å²) in [6, 6.07) is 34.2. The van der Waals surface area contributed by atoms with E-state index in [0.29, 0.717) is 0 Å². The maximum Gasteiger partial charge on any atom is 0.125 e. The third-order valence-electron chi connectivity index (χ3n) is 5.74. The van der Waals surface area contributed by atoms with Crippen LogP contribution in [-0.4, -0.2) is 14.2 Å². The monoisotopic (exact) mass is 444 g/mol. The van der Waals surface area contributed by atoms with E-state index in [-0.39, 0.29) is 0 Å². The molecule has 0 bridgehead atoms. The van der Waals surface area contributed by atoms with Crippen molar-refractivity contribution in [1.29, 1.82) is 0 Å². The van der Waals surface area contributed by atoms with Gasteiger partial charge in [-0.25, -0.2) is 0 Å². The molecule has 31 heavy (non-hydrogen) atoms. The quantitative estimate of drug-likeness (QED) is 0.305. The predicted molar refractivity (Wildman–Crippen MR) is 137 cm³/mol. The average molecular weight is 444 g/mol. The van der Waals surface area contributed by atoms with Gasteiger partial charge in [-0.1, -0.05) is 72.8 Å². The fraction of sp³-hybridized carbons (Fsp3) is 0.111. The highest BCUT2D eigenvalue weighted by atomic mass is 31.0. The van der Waals surface area contributed by atoms with Gasteiger partial charge in [0, 0.05) is 10.6 Å². The van der Waals surface area contributed by atoms with Gasteiger partial charge >= 0.3 is 0 Å². The second kappa shape index (κ2) is 9.23. The number of hydrogen-bond acceptors (Lipinski definition) is 2. The van der Waals surface area contributed by atoms with Crippen molar-refractivity contribution in [2.24, 2.45) is 0 Å². The van der Waals surface area contributed by atoms with Gasteiger partial charge < -0.3 is 9.47 Å². The van der Waals surface area contributed by atoms with Crippen LogP contribution in [0.3, 0.4) is 0 Å². The lowest BCUT2D eigenvalue weighted by Gasteiger charge is -2.37. The highest BCUT2D eigenvalue weighted by molar-refractivity contribution is 7.28. The van der Waals surface area contributed by atoms with Gasteiger partial charge in [0.05, 0.1) is 19.6 Å². The molecule has 0 aliphatic rings. The summed E-state index contributed by atoms with van der Waals surface area (Å²) < 4.78 is 11.1. The molecule has 0 saturated heterocycles. The van der Waals surface area contributed by atoms with Crippen molar-refractivity contribution in [3.8, 4) is 11.5 Å². The van der Waals surface area contributed by atoms with Gasteiger partial charge in [0.1, 0.15) is 11.5 Å². The minimum absolute atomic E-state index is 0.502. The van der Waals surface area contributed by atoms with Crippen LogP contribution in [0.2, 0.25) is 0 Å². The van der Waals surface area contributed by atoms with Crippen LogP contribution in [0.1, 0.15) is 22.3 Å². The molecule has 4 aromatic rings. The summed E-state index contributed by atoms with van der Waals surface area (Å²) in [4.78, 5) is 0. The van der Waals surface area contributed by atoms with Crippen LogP contribution in [0.4, 0.5) is 0 Å². The maximum absolute atomic E-state index is 5.54. The summed E-state index contributed by atoms with van der Waals surface area (Å²) >= 11 is 0. The second-order valence-electron chi connectivity index (χ2n) is 7.40. The molecule has 2 unspecified atom stereocenters. The first kappa shape index (κ1) is 21.6. The molecule has 2 atom stereocenters. The fourth-order valence-electron chi connectivity index (χ4n) is 4.31. The van der Waals surface area contributed by atoms with E-state index in [1.54, 1.807) is 14.2 Å². The van der Waals surface area contributed by atoms with Crippen molar-refractivity contribution in [1.82, 2.24) is 0 Å². The zero-order valence-electron chi connectivity index (χ0n) is 17.7. The van der Waals surface area contributed by atoms with E-state index < -0.39 is 5.41 Å². The van der Waals surface area contributed by atoms with Crippen molar-refractivity contribution in [2.45, 2.75) is 5.41 Å². The van der Waals surface area contributed by atoms with Crippen LogP contribution < -0.4 is 20.1 Å². The molecule has 0 amide bonds. The van der Waals surface area contributed by atoms with E-state index in [2.05, 4.69) is 103 Å². The van der Waals surface area contributed by atoms with Crippen LogP contribution in [0.25, 0.3) is 0 Å². The highest BCUT2D eigenvalue weighted by Crippen LogP contribution is 2.45. The number of benzene rings is 4. The minimum atomic E-state index is -0.502. The Hall–Kier alpha value is -2.66. The van der Waals surface area contributed by atoms with Crippen LogP contribution in [0, 0.1) is 0 Å². The van der Waals surface area contributed by atoms with E-state index in [9.17, 15) is 0 Å². The average Bonchev–Trinajstić information content (AvgIpc) is 2.81. The normalized spacial score (nSPS) is 11.2. The lowest BCUT2D eigenvalue weighted by Crippen LogP contribution is -2.32. The highest BCUT2D eigenvalue weighted by Gasteiger charge is 2.38. The summed E-state index contributed by atoms with van der Waals surface area (Å²) in [6.07, 6.45) is 0. The van der Waals surface area contributed by atoms with Gasteiger partial charge in [-0.3, -0.25) is 0 Å². The van der Waals surface area contributed by atoms with Gasteiger partial charge in [-0.2, -0.15) is 0 Å². The van der Waals surface area contributed by atoms with E-state index in [0.717, 1.165) is 22.1 Å². The molecule has 0 N–H and O–H groups in total. The molecule has 4 aromatic carbocycles. The van der Waals surface area contributed by atoms with Crippen molar-refractivity contribution >= 4 is 29.1 Å². The zero-order chi connectivity index (χ0) is 21.8. The van der Waals surface area contributed by atoms with Crippen LogP contribution in [0.5, 0.6) is 11.5 Å². The second-order valence-corrected chi connectivity index (χ2v) is 8.64. The third-order valence-corrected chi connectivity index (χ3v) is 6.64. The molecule has 0 fully saturated rings. The number of methoxy groups -OCH3 is 2. The van der Waals surface area contributed by atoms with E-state index in [1.807, 2.05) is 12.1 Å². The van der Waals surface area contributed by atoms with Gasteiger partial charge in [-0.05, 0) is 46.5 Å². The molecule has 0 spiro atoms. The van der Waals surface area contributed by atoms with Crippen molar-refractivity contribution in [2.75, 3.05) is 14.2 Å². The Balaban J connectivity index is 2.12. The Morgan fingerprint density at radius 3 is 1.23 bits per heavy atom. The lowest BCUT2D eigenvalue weighted by atomic mass is 9.65. The van der Waals surface area contributed by atoms with Crippen molar-refractivity contribution in [3.05, 3.63) is 119 Å². The first-order valence-electron chi connectivity index (χ1n) is 10.1. The number of ether oxygens (including phenoxy) is 2. The predicted octanol–water partition coefficient (Wildman–Crippen LogP) is 5.09. The van der Waals surface area contributed by atoms with Gasteiger partial charge in [0.15, 0.2) is 0 Å². The molecular formula is C27H26O2P2. The first-order valence-corrected chi connectivity index (χ1v) is 11.3. The Bertz CT molecular complexity index is 1080. The van der Waals surface area contributed by atoms with Crippen molar-refractivity contribution < 1.29 is 9.47 Å². The summed E-state index contributed by atoms with van der Waals surface area (Å²) in [6.45, 7) is 0. The molecule has 0 aliphatic carbocycles. The van der Waals surface area contributed by atoms with Gasteiger partial charge in [0.2, 0.25) is 0 Å². The summed E-state index contributed by atoms with van der Waals surface area (Å²) in [7, 11) is 9.03. The molecule has 2 nitrogen and oxygen atoms in total. The van der Waals surface area contributed by atoms with E-state index >= 15 is 0 Å². The molecule has 0 aliphatic heterocycles. The molecule has 0 aromatic heterocycles.